The highest BCUT2D eigenvalue weighted by Crippen LogP contribution is 2.35. The molecule has 3 rings (SSSR count). The standard InChI is InChI=1S/C23H29NO4S/c1-16-6-4-5-7-20(16)21(17-8-11-19(12-9-17)29(3,27)28)14-22(25)18-10-13-23(26)24(2)15-18/h4-9,11-12,18,21-22,25H,10,13-15H2,1-3H3/t18?,21-,22?/m1/s1. The van der Waals surface area contributed by atoms with Gasteiger partial charge in [0.25, 0.3) is 0 Å². The molecular weight excluding hydrogens is 386 g/mol. The predicted octanol–water partition coefficient (Wildman–Crippen LogP) is 3.15. The SMILES string of the molecule is Cc1ccccc1[C@H](CC(O)C1CCC(=O)N(C)C1)c1ccc(S(C)(=O)=O)cc1. The fraction of sp³-hybridized carbons (Fsp3) is 0.435. The van der Waals surface area contributed by atoms with Crippen molar-refractivity contribution < 1.29 is 18.3 Å². The molecule has 1 N–H and O–H groups in total. The zero-order valence-electron chi connectivity index (χ0n) is 17.2. The van der Waals surface area contributed by atoms with E-state index in [1.807, 2.05) is 37.3 Å². The molecule has 0 spiro atoms. The molecule has 5 nitrogen and oxygen atoms in total. The van der Waals surface area contributed by atoms with Crippen LogP contribution in [0.1, 0.15) is 41.9 Å². The van der Waals surface area contributed by atoms with Gasteiger partial charge in [-0.2, -0.15) is 0 Å². The molecule has 0 saturated carbocycles. The third-order valence-corrected chi connectivity index (χ3v) is 7.09. The van der Waals surface area contributed by atoms with Gasteiger partial charge in [-0.3, -0.25) is 4.79 Å². The Morgan fingerprint density at radius 3 is 2.38 bits per heavy atom. The predicted molar refractivity (Wildman–Crippen MR) is 114 cm³/mol. The Kier molecular flexibility index (Phi) is 6.44. The van der Waals surface area contributed by atoms with Crippen LogP contribution >= 0.6 is 0 Å². The molecular formula is C23H29NO4S. The zero-order valence-corrected chi connectivity index (χ0v) is 18.0. The first-order valence-corrected chi connectivity index (χ1v) is 11.8. The quantitative estimate of drug-likeness (QED) is 0.786. The average Bonchev–Trinajstić information content (AvgIpc) is 2.68. The summed E-state index contributed by atoms with van der Waals surface area (Å²) >= 11 is 0. The number of carbonyl (C=O) groups excluding carboxylic acids is 1. The maximum atomic E-state index is 11.8. The van der Waals surface area contributed by atoms with Gasteiger partial charge in [0, 0.05) is 38.1 Å². The number of rotatable bonds is 6. The highest BCUT2D eigenvalue weighted by Gasteiger charge is 2.31. The Hall–Kier alpha value is -2.18. The first-order chi connectivity index (χ1) is 13.7. The van der Waals surface area contributed by atoms with Crippen molar-refractivity contribution in [1.29, 1.82) is 0 Å². The van der Waals surface area contributed by atoms with Gasteiger partial charge in [-0.1, -0.05) is 36.4 Å². The van der Waals surface area contributed by atoms with E-state index >= 15 is 0 Å². The third kappa shape index (κ3) is 5.06. The molecule has 0 radical (unpaired) electrons. The van der Waals surface area contributed by atoms with Crippen molar-refractivity contribution in [3.8, 4) is 0 Å². The highest BCUT2D eigenvalue weighted by atomic mass is 32.2. The summed E-state index contributed by atoms with van der Waals surface area (Å²) in [4.78, 5) is 13.8. The average molecular weight is 416 g/mol. The van der Waals surface area contributed by atoms with Crippen LogP contribution in [0.25, 0.3) is 0 Å². The maximum absolute atomic E-state index is 11.8. The van der Waals surface area contributed by atoms with Crippen LogP contribution in [0.2, 0.25) is 0 Å². The van der Waals surface area contributed by atoms with Crippen molar-refractivity contribution in [3.05, 3.63) is 65.2 Å². The molecule has 0 aliphatic carbocycles. The summed E-state index contributed by atoms with van der Waals surface area (Å²) in [5.41, 5.74) is 3.23. The second-order valence-corrected chi connectivity index (χ2v) is 10.1. The second kappa shape index (κ2) is 8.67. The van der Waals surface area contributed by atoms with Crippen molar-refractivity contribution in [2.75, 3.05) is 19.8 Å². The van der Waals surface area contributed by atoms with Gasteiger partial charge in [-0.25, -0.2) is 8.42 Å². The number of aliphatic hydroxyl groups is 1. The van der Waals surface area contributed by atoms with Crippen LogP contribution in [-0.2, 0) is 14.6 Å². The summed E-state index contributed by atoms with van der Waals surface area (Å²) in [6.07, 6.45) is 2.33. The van der Waals surface area contributed by atoms with Crippen LogP contribution in [-0.4, -0.2) is 50.3 Å². The second-order valence-electron chi connectivity index (χ2n) is 8.13. The lowest BCUT2D eigenvalue weighted by atomic mass is 9.80. The molecule has 1 fully saturated rings. The van der Waals surface area contributed by atoms with Gasteiger partial charge < -0.3 is 10.0 Å². The number of piperidine rings is 1. The van der Waals surface area contributed by atoms with E-state index < -0.39 is 15.9 Å². The maximum Gasteiger partial charge on any atom is 0.222 e. The van der Waals surface area contributed by atoms with Crippen LogP contribution in [0.4, 0.5) is 0 Å². The van der Waals surface area contributed by atoms with Crippen LogP contribution in [0, 0.1) is 12.8 Å². The summed E-state index contributed by atoms with van der Waals surface area (Å²) in [5.74, 6) is 0.113. The number of benzene rings is 2. The van der Waals surface area contributed by atoms with Crippen molar-refractivity contribution >= 4 is 15.7 Å². The Morgan fingerprint density at radius 2 is 1.79 bits per heavy atom. The number of nitrogens with zero attached hydrogens (tertiary/aromatic N) is 1. The van der Waals surface area contributed by atoms with Gasteiger partial charge >= 0.3 is 0 Å². The molecule has 2 unspecified atom stereocenters. The van der Waals surface area contributed by atoms with E-state index in [1.54, 1.807) is 24.1 Å². The van der Waals surface area contributed by atoms with Crippen molar-refractivity contribution in [2.45, 2.75) is 43.1 Å². The van der Waals surface area contributed by atoms with E-state index in [0.29, 0.717) is 25.8 Å². The van der Waals surface area contributed by atoms with Gasteiger partial charge in [0.1, 0.15) is 0 Å². The molecule has 1 heterocycles. The van der Waals surface area contributed by atoms with E-state index in [4.69, 9.17) is 0 Å². The fourth-order valence-corrected chi connectivity index (χ4v) is 4.79. The Bertz CT molecular complexity index is 969. The van der Waals surface area contributed by atoms with E-state index in [-0.39, 0.29) is 22.6 Å². The Morgan fingerprint density at radius 1 is 1.14 bits per heavy atom. The molecule has 6 heteroatoms. The van der Waals surface area contributed by atoms with E-state index in [2.05, 4.69) is 6.07 Å². The minimum Gasteiger partial charge on any atom is -0.393 e. The highest BCUT2D eigenvalue weighted by molar-refractivity contribution is 7.90. The molecule has 29 heavy (non-hydrogen) atoms. The number of hydrogen-bond acceptors (Lipinski definition) is 4. The molecule has 0 bridgehead atoms. The lowest BCUT2D eigenvalue weighted by Crippen LogP contribution is -2.41. The van der Waals surface area contributed by atoms with Gasteiger partial charge in [-0.15, -0.1) is 0 Å². The lowest BCUT2D eigenvalue weighted by Gasteiger charge is -2.34. The number of aryl methyl sites for hydroxylation is 1. The third-order valence-electron chi connectivity index (χ3n) is 5.96. The van der Waals surface area contributed by atoms with Crippen molar-refractivity contribution in [3.63, 3.8) is 0 Å². The minimum absolute atomic E-state index is 0.0412. The first kappa shape index (κ1) is 21.5. The summed E-state index contributed by atoms with van der Waals surface area (Å²) in [7, 11) is -1.47. The summed E-state index contributed by atoms with van der Waals surface area (Å²) < 4.78 is 23.6. The Balaban J connectivity index is 1.90. The summed E-state index contributed by atoms with van der Waals surface area (Å²) in [6.45, 7) is 2.61. The number of aliphatic hydroxyl groups excluding tert-OH is 1. The number of sulfone groups is 1. The van der Waals surface area contributed by atoms with E-state index in [1.165, 1.54) is 6.26 Å². The largest absolute Gasteiger partial charge is 0.393 e. The molecule has 0 aromatic heterocycles. The van der Waals surface area contributed by atoms with Crippen molar-refractivity contribution in [1.82, 2.24) is 4.90 Å². The minimum atomic E-state index is -3.26. The number of amides is 1. The number of likely N-dealkylation sites (tertiary alicyclic amines) is 1. The number of carbonyl (C=O) groups is 1. The monoisotopic (exact) mass is 415 g/mol. The van der Waals surface area contributed by atoms with Crippen LogP contribution in [0.5, 0.6) is 0 Å². The van der Waals surface area contributed by atoms with E-state index in [9.17, 15) is 18.3 Å². The molecule has 3 atom stereocenters. The normalized spacial score (nSPS) is 19.8. The van der Waals surface area contributed by atoms with Crippen LogP contribution in [0.3, 0.4) is 0 Å². The van der Waals surface area contributed by atoms with E-state index in [0.717, 1.165) is 16.7 Å². The fourth-order valence-electron chi connectivity index (χ4n) is 4.16. The molecule has 1 saturated heterocycles. The van der Waals surface area contributed by atoms with Gasteiger partial charge in [0.2, 0.25) is 5.91 Å². The van der Waals surface area contributed by atoms with Gasteiger partial charge in [0.15, 0.2) is 9.84 Å². The molecule has 2 aromatic rings. The van der Waals surface area contributed by atoms with Crippen molar-refractivity contribution in [2.24, 2.45) is 5.92 Å². The van der Waals surface area contributed by atoms with Gasteiger partial charge in [0.05, 0.1) is 11.0 Å². The molecule has 1 aliphatic rings. The van der Waals surface area contributed by atoms with Crippen LogP contribution < -0.4 is 0 Å². The Labute approximate surface area is 173 Å². The zero-order chi connectivity index (χ0) is 21.2. The first-order valence-electron chi connectivity index (χ1n) is 9.94. The number of hydrogen-bond donors (Lipinski definition) is 1. The lowest BCUT2D eigenvalue weighted by molar-refractivity contribution is -0.134. The molecule has 1 amide bonds. The molecule has 2 aromatic carbocycles. The smallest absolute Gasteiger partial charge is 0.222 e. The summed E-state index contributed by atoms with van der Waals surface area (Å²) in [6, 6.07) is 15.0. The summed E-state index contributed by atoms with van der Waals surface area (Å²) in [5, 5.41) is 11.0. The molecule has 1 aliphatic heterocycles. The molecule has 156 valence electrons. The topological polar surface area (TPSA) is 74.7 Å². The van der Waals surface area contributed by atoms with Gasteiger partial charge in [-0.05, 0) is 48.6 Å². The van der Waals surface area contributed by atoms with Crippen LogP contribution in [0.15, 0.2) is 53.4 Å².